The van der Waals surface area contributed by atoms with Crippen molar-refractivity contribution < 1.29 is 4.79 Å². The van der Waals surface area contributed by atoms with Gasteiger partial charge in [-0.3, -0.25) is 4.79 Å². The summed E-state index contributed by atoms with van der Waals surface area (Å²) in [5.41, 5.74) is 7.34. The fourth-order valence-corrected chi connectivity index (χ4v) is 1.67. The van der Waals surface area contributed by atoms with Gasteiger partial charge in [0.25, 0.3) is 0 Å². The van der Waals surface area contributed by atoms with Gasteiger partial charge in [-0.2, -0.15) is 0 Å². The highest BCUT2D eigenvalue weighted by Crippen LogP contribution is 2.08. The third-order valence-electron chi connectivity index (χ3n) is 2.80. The summed E-state index contributed by atoms with van der Waals surface area (Å²) in [5.74, 6) is 0.0357. The van der Waals surface area contributed by atoms with Crippen LogP contribution in [0.2, 0.25) is 0 Å². The Hall–Kier alpha value is -1.77. The van der Waals surface area contributed by atoms with Crippen LogP contribution < -0.4 is 5.73 Å². The van der Waals surface area contributed by atoms with Crippen molar-refractivity contribution in [3.05, 3.63) is 35.9 Å². The molecular formula is C15H22N2O. The molecule has 0 aromatic heterocycles. The largest absolute Gasteiger partial charge is 0.399 e. The highest BCUT2D eigenvalue weighted by atomic mass is 16.2. The number of carbonyl (C=O) groups is 1. The molecule has 0 radical (unpaired) electrons. The minimum Gasteiger partial charge on any atom is -0.399 e. The highest BCUT2D eigenvalue weighted by molar-refractivity contribution is 5.91. The van der Waals surface area contributed by atoms with Gasteiger partial charge in [-0.1, -0.05) is 31.9 Å². The van der Waals surface area contributed by atoms with Gasteiger partial charge >= 0.3 is 0 Å². The van der Waals surface area contributed by atoms with Gasteiger partial charge in [0.2, 0.25) is 5.91 Å². The molecular weight excluding hydrogens is 224 g/mol. The number of likely N-dealkylation sites (N-methyl/N-ethyl adjacent to an activating group) is 1. The van der Waals surface area contributed by atoms with Crippen LogP contribution in [0, 0.1) is 0 Å². The van der Waals surface area contributed by atoms with Gasteiger partial charge in [-0.05, 0) is 30.2 Å². The Balaban J connectivity index is 2.48. The molecule has 0 unspecified atom stereocenters. The van der Waals surface area contributed by atoms with Crippen LogP contribution in [0.4, 0.5) is 5.69 Å². The molecule has 2 N–H and O–H groups in total. The third-order valence-corrected chi connectivity index (χ3v) is 2.80. The summed E-state index contributed by atoms with van der Waals surface area (Å²) in [5, 5.41) is 0. The number of rotatable bonds is 6. The fourth-order valence-electron chi connectivity index (χ4n) is 1.67. The Kier molecular flexibility index (Phi) is 5.98. The van der Waals surface area contributed by atoms with Crippen LogP contribution in [0.15, 0.2) is 30.3 Å². The first-order valence-electron chi connectivity index (χ1n) is 6.42. The Labute approximate surface area is 109 Å². The van der Waals surface area contributed by atoms with Crippen molar-refractivity contribution >= 4 is 17.7 Å². The molecule has 0 aliphatic heterocycles. The van der Waals surface area contributed by atoms with Crippen molar-refractivity contribution in [3.8, 4) is 0 Å². The molecule has 0 aliphatic carbocycles. The van der Waals surface area contributed by atoms with E-state index in [1.807, 2.05) is 31.3 Å². The minimum absolute atomic E-state index is 0.0357. The van der Waals surface area contributed by atoms with Crippen molar-refractivity contribution in [3.63, 3.8) is 0 Å². The van der Waals surface area contributed by atoms with E-state index in [9.17, 15) is 4.79 Å². The van der Waals surface area contributed by atoms with Crippen molar-refractivity contribution in [2.24, 2.45) is 0 Å². The van der Waals surface area contributed by atoms with Gasteiger partial charge in [0, 0.05) is 25.4 Å². The molecule has 3 heteroatoms. The monoisotopic (exact) mass is 246 g/mol. The van der Waals surface area contributed by atoms with Crippen LogP contribution in [0.3, 0.4) is 0 Å². The number of nitrogens with two attached hydrogens (primary N) is 1. The Bertz CT molecular complexity index is 413. The number of anilines is 1. The van der Waals surface area contributed by atoms with E-state index in [2.05, 4.69) is 6.92 Å². The second kappa shape index (κ2) is 7.54. The standard InChI is InChI=1S/C15H22N2O/c1-3-4-5-11-17(2)15(18)10-9-13-7-6-8-14(16)12-13/h6-10,12H,3-5,11,16H2,1-2H3/b10-9+. The summed E-state index contributed by atoms with van der Waals surface area (Å²) in [4.78, 5) is 13.6. The number of amides is 1. The quantitative estimate of drug-likeness (QED) is 0.476. The molecule has 1 aromatic carbocycles. The minimum atomic E-state index is 0.0357. The molecule has 0 saturated heterocycles. The van der Waals surface area contributed by atoms with E-state index in [-0.39, 0.29) is 5.91 Å². The molecule has 0 aliphatic rings. The molecule has 0 atom stereocenters. The van der Waals surface area contributed by atoms with Crippen LogP contribution in [0.1, 0.15) is 31.7 Å². The van der Waals surface area contributed by atoms with Crippen molar-refractivity contribution in [2.75, 3.05) is 19.3 Å². The van der Waals surface area contributed by atoms with Crippen LogP contribution in [0.25, 0.3) is 6.08 Å². The van der Waals surface area contributed by atoms with Crippen molar-refractivity contribution in [2.45, 2.75) is 26.2 Å². The Morgan fingerprint density at radius 1 is 1.39 bits per heavy atom. The molecule has 3 nitrogen and oxygen atoms in total. The molecule has 0 bridgehead atoms. The average molecular weight is 246 g/mol. The lowest BCUT2D eigenvalue weighted by Crippen LogP contribution is -2.25. The second-order valence-electron chi connectivity index (χ2n) is 4.47. The highest BCUT2D eigenvalue weighted by Gasteiger charge is 2.03. The molecule has 0 fully saturated rings. The first kappa shape index (κ1) is 14.3. The van der Waals surface area contributed by atoms with E-state index >= 15 is 0 Å². The molecule has 18 heavy (non-hydrogen) atoms. The normalized spacial score (nSPS) is 10.8. The van der Waals surface area contributed by atoms with Crippen molar-refractivity contribution in [1.82, 2.24) is 4.90 Å². The van der Waals surface area contributed by atoms with Gasteiger partial charge in [-0.15, -0.1) is 0 Å². The number of unbranched alkanes of at least 4 members (excludes halogenated alkanes) is 2. The number of benzene rings is 1. The van der Waals surface area contributed by atoms with Crippen molar-refractivity contribution in [1.29, 1.82) is 0 Å². The van der Waals surface area contributed by atoms with E-state index in [0.717, 1.165) is 24.9 Å². The molecule has 1 rings (SSSR count). The number of nitrogen functional groups attached to an aromatic ring is 1. The Morgan fingerprint density at radius 2 is 2.17 bits per heavy atom. The predicted molar refractivity (Wildman–Crippen MR) is 77.1 cm³/mol. The molecule has 0 heterocycles. The lowest BCUT2D eigenvalue weighted by Gasteiger charge is -2.14. The van der Waals surface area contributed by atoms with Gasteiger partial charge < -0.3 is 10.6 Å². The lowest BCUT2D eigenvalue weighted by molar-refractivity contribution is -0.124. The van der Waals surface area contributed by atoms with Gasteiger partial charge in [0.05, 0.1) is 0 Å². The molecule has 0 saturated carbocycles. The summed E-state index contributed by atoms with van der Waals surface area (Å²) in [6.45, 7) is 2.97. The summed E-state index contributed by atoms with van der Waals surface area (Å²) >= 11 is 0. The van der Waals surface area contributed by atoms with Gasteiger partial charge in [0.1, 0.15) is 0 Å². The van der Waals surface area contributed by atoms with Gasteiger partial charge in [-0.25, -0.2) is 0 Å². The number of carbonyl (C=O) groups excluding carboxylic acids is 1. The number of hydrogen-bond donors (Lipinski definition) is 1. The topological polar surface area (TPSA) is 46.3 Å². The molecule has 0 spiro atoms. The van der Waals surface area contributed by atoms with Crippen LogP contribution in [0.5, 0.6) is 0 Å². The average Bonchev–Trinajstić information content (AvgIpc) is 2.36. The zero-order valence-electron chi connectivity index (χ0n) is 11.2. The fraction of sp³-hybridized carbons (Fsp3) is 0.400. The zero-order chi connectivity index (χ0) is 13.4. The molecule has 1 aromatic rings. The van der Waals surface area contributed by atoms with E-state index in [0.29, 0.717) is 5.69 Å². The van der Waals surface area contributed by atoms with E-state index < -0.39 is 0 Å². The zero-order valence-corrected chi connectivity index (χ0v) is 11.2. The van der Waals surface area contributed by atoms with E-state index in [1.165, 1.54) is 6.42 Å². The van der Waals surface area contributed by atoms with E-state index in [1.54, 1.807) is 17.1 Å². The third kappa shape index (κ3) is 5.04. The lowest BCUT2D eigenvalue weighted by atomic mass is 10.2. The Morgan fingerprint density at radius 3 is 2.83 bits per heavy atom. The summed E-state index contributed by atoms with van der Waals surface area (Å²) in [6, 6.07) is 7.48. The second-order valence-corrected chi connectivity index (χ2v) is 4.47. The summed E-state index contributed by atoms with van der Waals surface area (Å²) in [7, 11) is 1.84. The first-order chi connectivity index (χ1) is 8.63. The van der Waals surface area contributed by atoms with Crippen LogP contribution in [-0.2, 0) is 4.79 Å². The maximum absolute atomic E-state index is 11.8. The number of hydrogen-bond acceptors (Lipinski definition) is 2. The molecule has 98 valence electrons. The van der Waals surface area contributed by atoms with Crippen LogP contribution in [-0.4, -0.2) is 24.4 Å². The summed E-state index contributed by atoms with van der Waals surface area (Å²) < 4.78 is 0. The van der Waals surface area contributed by atoms with Gasteiger partial charge in [0.15, 0.2) is 0 Å². The first-order valence-corrected chi connectivity index (χ1v) is 6.42. The molecule has 1 amide bonds. The van der Waals surface area contributed by atoms with E-state index in [4.69, 9.17) is 5.73 Å². The smallest absolute Gasteiger partial charge is 0.246 e. The predicted octanol–water partition coefficient (Wildman–Crippen LogP) is 2.93. The number of nitrogens with zero attached hydrogens (tertiary/aromatic N) is 1. The SMILES string of the molecule is CCCCCN(C)C(=O)/C=C/c1cccc(N)c1. The maximum atomic E-state index is 11.8. The summed E-state index contributed by atoms with van der Waals surface area (Å²) in [6.07, 6.45) is 6.79. The maximum Gasteiger partial charge on any atom is 0.246 e. The van der Waals surface area contributed by atoms with Crippen LogP contribution >= 0.6 is 0 Å².